The summed E-state index contributed by atoms with van der Waals surface area (Å²) >= 11 is 1.58. The van der Waals surface area contributed by atoms with Crippen LogP contribution in [0.3, 0.4) is 0 Å². The highest BCUT2D eigenvalue weighted by atomic mass is 32.2. The molecule has 0 aliphatic carbocycles. The molecular formula is C20H23N7O3S. The van der Waals surface area contributed by atoms with E-state index in [4.69, 9.17) is 4.98 Å². The number of nitro groups is 1. The number of hydrogen-bond donors (Lipinski definition) is 1. The minimum Gasteiger partial charge on any atom is -0.356 e. The lowest BCUT2D eigenvalue weighted by atomic mass is 10.1. The van der Waals surface area contributed by atoms with Crippen molar-refractivity contribution < 1.29 is 9.72 Å². The van der Waals surface area contributed by atoms with Gasteiger partial charge in [-0.15, -0.1) is 0 Å². The molecule has 31 heavy (non-hydrogen) atoms. The van der Waals surface area contributed by atoms with Gasteiger partial charge < -0.3 is 10.2 Å². The minimum absolute atomic E-state index is 0.0399. The SMILES string of the molecule is CCSc1nc(N2CCCC2)c2cnn(CCNC(=O)c3ccccc3[N+](=O)[O-])c2n1. The highest BCUT2D eigenvalue weighted by molar-refractivity contribution is 7.99. The maximum absolute atomic E-state index is 12.4. The second-order valence-electron chi connectivity index (χ2n) is 7.09. The Balaban J connectivity index is 1.52. The number of fused-ring (bicyclic) bond motifs is 1. The van der Waals surface area contributed by atoms with Crippen molar-refractivity contribution >= 4 is 40.2 Å². The highest BCUT2D eigenvalue weighted by Crippen LogP contribution is 2.29. The number of anilines is 1. The molecule has 1 aliphatic heterocycles. The van der Waals surface area contributed by atoms with Crippen LogP contribution in [0.5, 0.6) is 0 Å². The van der Waals surface area contributed by atoms with Gasteiger partial charge in [-0.05, 0) is 24.7 Å². The summed E-state index contributed by atoms with van der Waals surface area (Å²) in [6, 6.07) is 5.90. The summed E-state index contributed by atoms with van der Waals surface area (Å²) in [5, 5.41) is 20.0. The highest BCUT2D eigenvalue weighted by Gasteiger charge is 2.21. The molecule has 0 radical (unpaired) electrons. The zero-order valence-electron chi connectivity index (χ0n) is 17.2. The fraction of sp³-hybridized carbons (Fsp3) is 0.400. The third-order valence-corrected chi connectivity index (χ3v) is 5.82. The number of rotatable bonds is 8. The molecule has 1 aromatic carbocycles. The molecule has 3 heterocycles. The first kappa shape index (κ1) is 21.0. The molecule has 0 saturated carbocycles. The van der Waals surface area contributed by atoms with E-state index in [0.717, 1.165) is 48.5 Å². The second-order valence-corrected chi connectivity index (χ2v) is 8.32. The van der Waals surface area contributed by atoms with Crippen LogP contribution in [0.25, 0.3) is 11.0 Å². The Morgan fingerprint density at radius 2 is 2.03 bits per heavy atom. The number of amides is 1. The Bertz CT molecular complexity index is 1110. The maximum Gasteiger partial charge on any atom is 0.282 e. The Labute approximate surface area is 183 Å². The number of nitrogens with one attached hydrogen (secondary N) is 1. The van der Waals surface area contributed by atoms with Gasteiger partial charge in [-0.2, -0.15) is 5.10 Å². The summed E-state index contributed by atoms with van der Waals surface area (Å²) in [7, 11) is 0. The number of nitrogens with zero attached hydrogens (tertiary/aromatic N) is 6. The lowest BCUT2D eigenvalue weighted by Gasteiger charge is -2.17. The van der Waals surface area contributed by atoms with Crippen LogP contribution in [0.2, 0.25) is 0 Å². The summed E-state index contributed by atoms with van der Waals surface area (Å²) < 4.78 is 1.75. The molecule has 10 nitrogen and oxygen atoms in total. The number of nitro benzene ring substituents is 1. The van der Waals surface area contributed by atoms with Crippen molar-refractivity contribution in [2.24, 2.45) is 0 Å². The Kier molecular flexibility index (Phi) is 6.31. The van der Waals surface area contributed by atoms with Gasteiger partial charge in [0, 0.05) is 25.7 Å². The number of para-hydroxylation sites is 1. The molecular weight excluding hydrogens is 418 g/mol. The zero-order valence-corrected chi connectivity index (χ0v) is 18.0. The van der Waals surface area contributed by atoms with Gasteiger partial charge in [-0.1, -0.05) is 30.8 Å². The largest absolute Gasteiger partial charge is 0.356 e. The van der Waals surface area contributed by atoms with Crippen molar-refractivity contribution in [3.8, 4) is 0 Å². The molecule has 0 spiro atoms. The first-order chi connectivity index (χ1) is 15.1. The van der Waals surface area contributed by atoms with Crippen molar-refractivity contribution in [2.45, 2.75) is 31.5 Å². The minimum atomic E-state index is -0.556. The van der Waals surface area contributed by atoms with E-state index in [9.17, 15) is 14.9 Å². The van der Waals surface area contributed by atoms with E-state index in [0.29, 0.717) is 11.7 Å². The summed E-state index contributed by atoms with van der Waals surface area (Å²) in [6.45, 7) is 4.66. The van der Waals surface area contributed by atoms with Crippen LogP contribution in [0.15, 0.2) is 35.6 Å². The van der Waals surface area contributed by atoms with Gasteiger partial charge in [0.15, 0.2) is 10.8 Å². The van der Waals surface area contributed by atoms with Crippen LogP contribution in [0.1, 0.15) is 30.1 Å². The third kappa shape index (κ3) is 4.46. The third-order valence-electron chi connectivity index (χ3n) is 5.09. The number of carbonyl (C=O) groups is 1. The first-order valence-electron chi connectivity index (χ1n) is 10.2. The van der Waals surface area contributed by atoms with Crippen LogP contribution < -0.4 is 10.2 Å². The molecule has 162 valence electrons. The van der Waals surface area contributed by atoms with Crippen molar-refractivity contribution in [3.05, 3.63) is 46.1 Å². The second kappa shape index (κ2) is 9.29. The molecule has 4 rings (SSSR count). The van der Waals surface area contributed by atoms with Crippen LogP contribution in [0.4, 0.5) is 11.5 Å². The average molecular weight is 442 g/mol. The molecule has 1 saturated heterocycles. The van der Waals surface area contributed by atoms with E-state index in [-0.39, 0.29) is 17.8 Å². The molecule has 1 fully saturated rings. The molecule has 3 aromatic rings. The molecule has 0 bridgehead atoms. The van der Waals surface area contributed by atoms with E-state index in [1.54, 1.807) is 28.7 Å². The van der Waals surface area contributed by atoms with E-state index in [1.807, 2.05) is 0 Å². The first-order valence-corrected chi connectivity index (χ1v) is 11.2. The smallest absolute Gasteiger partial charge is 0.282 e. The lowest BCUT2D eigenvalue weighted by Crippen LogP contribution is -2.28. The molecule has 1 amide bonds. The summed E-state index contributed by atoms with van der Waals surface area (Å²) in [5.74, 6) is 1.29. The molecule has 0 unspecified atom stereocenters. The predicted octanol–water partition coefficient (Wildman–Crippen LogP) is 2.88. The van der Waals surface area contributed by atoms with Crippen molar-refractivity contribution in [1.29, 1.82) is 0 Å². The number of benzene rings is 1. The zero-order chi connectivity index (χ0) is 21.8. The lowest BCUT2D eigenvalue weighted by molar-refractivity contribution is -0.385. The molecule has 1 N–H and O–H groups in total. The fourth-order valence-electron chi connectivity index (χ4n) is 3.64. The monoisotopic (exact) mass is 441 g/mol. The number of aromatic nitrogens is 4. The summed E-state index contributed by atoms with van der Waals surface area (Å²) in [5.41, 5.74) is 0.555. The van der Waals surface area contributed by atoms with Crippen molar-refractivity contribution in [2.75, 3.05) is 30.3 Å². The average Bonchev–Trinajstić information content (AvgIpc) is 3.44. The van der Waals surface area contributed by atoms with Crippen LogP contribution in [-0.2, 0) is 6.54 Å². The fourth-order valence-corrected chi connectivity index (χ4v) is 4.20. The molecule has 2 aromatic heterocycles. The summed E-state index contributed by atoms with van der Waals surface area (Å²) in [6.07, 6.45) is 4.06. The van der Waals surface area contributed by atoms with Crippen LogP contribution in [0, 0.1) is 10.1 Å². The van der Waals surface area contributed by atoms with Crippen molar-refractivity contribution in [1.82, 2.24) is 25.1 Å². The van der Waals surface area contributed by atoms with Gasteiger partial charge in [0.25, 0.3) is 11.6 Å². The molecule has 1 aliphatic rings. The quantitative estimate of drug-likeness (QED) is 0.245. The Morgan fingerprint density at radius 1 is 1.26 bits per heavy atom. The summed E-state index contributed by atoms with van der Waals surface area (Å²) in [4.78, 5) is 34.7. The number of thioether (sulfide) groups is 1. The normalized spacial score (nSPS) is 13.6. The van der Waals surface area contributed by atoms with Gasteiger partial charge in [0.05, 0.1) is 23.1 Å². The Morgan fingerprint density at radius 3 is 2.77 bits per heavy atom. The number of carbonyl (C=O) groups excluding carboxylic acids is 1. The van der Waals surface area contributed by atoms with Gasteiger partial charge in [-0.25, -0.2) is 14.6 Å². The topological polar surface area (TPSA) is 119 Å². The molecule has 0 atom stereocenters. The van der Waals surface area contributed by atoms with E-state index < -0.39 is 10.8 Å². The van der Waals surface area contributed by atoms with Crippen molar-refractivity contribution in [3.63, 3.8) is 0 Å². The van der Waals surface area contributed by atoms with Crippen LogP contribution >= 0.6 is 11.8 Å². The van der Waals surface area contributed by atoms with Gasteiger partial charge >= 0.3 is 0 Å². The molecule has 11 heteroatoms. The van der Waals surface area contributed by atoms with Gasteiger partial charge in [-0.3, -0.25) is 14.9 Å². The van der Waals surface area contributed by atoms with E-state index in [1.165, 1.54) is 18.2 Å². The predicted molar refractivity (Wildman–Crippen MR) is 119 cm³/mol. The maximum atomic E-state index is 12.4. The van der Waals surface area contributed by atoms with Crippen LogP contribution in [-0.4, -0.2) is 56.0 Å². The number of hydrogen-bond acceptors (Lipinski definition) is 8. The standard InChI is InChI=1S/C20H23N7O3S/c1-2-31-20-23-17(25-10-5-6-11-25)15-13-22-26(18(15)24-20)12-9-21-19(28)14-7-3-4-8-16(14)27(29)30/h3-4,7-8,13H,2,5-6,9-12H2,1H3,(H,21,28). The van der Waals surface area contributed by atoms with Gasteiger partial charge in [0.2, 0.25) is 0 Å². The Hall–Kier alpha value is -3.21. The van der Waals surface area contributed by atoms with E-state index in [2.05, 4.69) is 27.2 Å². The van der Waals surface area contributed by atoms with Gasteiger partial charge in [0.1, 0.15) is 11.4 Å². The van der Waals surface area contributed by atoms with E-state index >= 15 is 0 Å².